The standard InChI is InChI=1S/C19H17N3O2S2/c1-2-7-22(10-13-5-4-9-25-13)11-16-20-18(23)17-14(12-26-19(17)21-16)15-6-3-8-24-15/h2-6,8-9,12H,1,7,10-11H2,(H,20,21,23). The first-order chi connectivity index (χ1) is 12.7. The molecular formula is C19H17N3O2S2. The maximum Gasteiger partial charge on any atom is 0.260 e. The summed E-state index contributed by atoms with van der Waals surface area (Å²) >= 11 is 3.18. The molecule has 0 spiro atoms. The Morgan fingerprint density at radius 2 is 2.19 bits per heavy atom. The van der Waals surface area contributed by atoms with Crippen molar-refractivity contribution in [3.8, 4) is 11.3 Å². The molecule has 0 atom stereocenters. The highest BCUT2D eigenvalue weighted by molar-refractivity contribution is 7.17. The van der Waals surface area contributed by atoms with Crippen LogP contribution in [0.4, 0.5) is 0 Å². The topological polar surface area (TPSA) is 62.1 Å². The quantitative estimate of drug-likeness (QED) is 0.478. The maximum atomic E-state index is 12.7. The predicted molar refractivity (Wildman–Crippen MR) is 107 cm³/mol. The van der Waals surface area contributed by atoms with Gasteiger partial charge in [0.1, 0.15) is 16.4 Å². The van der Waals surface area contributed by atoms with Crippen molar-refractivity contribution in [2.45, 2.75) is 13.1 Å². The van der Waals surface area contributed by atoms with E-state index in [-0.39, 0.29) is 5.56 Å². The van der Waals surface area contributed by atoms with E-state index in [9.17, 15) is 4.79 Å². The number of nitrogens with one attached hydrogen (secondary N) is 1. The normalized spacial score (nSPS) is 11.4. The van der Waals surface area contributed by atoms with Crippen LogP contribution in [0.3, 0.4) is 0 Å². The van der Waals surface area contributed by atoms with E-state index < -0.39 is 0 Å². The molecule has 0 unspecified atom stereocenters. The summed E-state index contributed by atoms with van der Waals surface area (Å²) in [6.07, 6.45) is 3.47. The minimum atomic E-state index is -0.132. The van der Waals surface area contributed by atoms with Gasteiger partial charge in [-0.3, -0.25) is 9.69 Å². The number of hydrogen-bond acceptors (Lipinski definition) is 6. The van der Waals surface area contributed by atoms with Gasteiger partial charge in [0.15, 0.2) is 0 Å². The molecule has 0 aromatic carbocycles. The second-order valence-electron chi connectivity index (χ2n) is 5.86. The number of furan rings is 1. The van der Waals surface area contributed by atoms with Crippen molar-refractivity contribution in [2.75, 3.05) is 6.54 Å². The lowest BCUT2D eigenvalue weighted by molar-refractivity contribution is 0.281. The monoisotopic (exact) mass is 383 g/mol. The van der Waals surface area contributed by atoms with E-state index in [1.165, 1.54) is 16.2 Å². The number of rotatable bonds is 7. The lowest BCUT2D eigenvalue weighted by atomic mass is 10.2. The van der Waals surface area contributed by atoms with Gasteiger partial charge in [-0.1, -0.05) is 12.1 Å². The largest absolute Gasteiger partial charge is 0.464 e. The Balaban J connectivity index is 1.64. The van der Waals surface area contributed by atoms with Gasteiger partial charge in [-0.05, 0) is 23.6 Å². The van der Waals surface area contributed by atoms with Crippen molar-refractivity contribution in [1.29, 1.82) is 0 Å². The van der Waals surface area contributed by atoms with Crippen LogP contribution >= 0.6 is 22.7 Å². The second-order valence-corrected chi connectivity index (χ2v) is 7.75. The third-order valence-corrected chi connectivity index (χ3v) is 5.73. The smallest absolute Gasteiger partial charge is 0.260 e. The predicted octanol–water partition coefficient (Wildman–Crippen LogP) is 4.49. The summed E-state index contributed by atoms with van der Waals surface area (Å²) in [5, 5.41) is 4.57. The van der Waals surface area contributed by atoms with Gasteiger partial charge < -0.3 is 9.40 Å². The van der Waals surface area contributed by atoms with Gasteiger partial charge in [0.05, 0.1) is 18.2 Å². The fourth-order valence-corrected chi connectivity index (χ4v) is 4.58. The lowest BCUT2D eigenvalue weighted by Crippen LogP contribution is -2.25. The molecule has 0 aliphatic heterocycles. The summed E-state index contributed by atoms with van der Waals surface area (Å²) in [5.74, 6) is 1.34. The van der Waals surface area contributed by atoms with E-state index >= 15 is 0 Å². The Kier molecular flexibility index (Phi) is 4.83. The van der Waals surface area contributed by atoms with Gasteiger partial charge >= 0.3 is 0 Å². The van der Waals surface area contributed by atoms with Crippen LogP contribution in [0.5, 0.6) is 0 Å². The van der Waals surface area contributed by atoms with E-state index in [1.54, 1.807) is 17.6 Å². The molecule has 4 aromatic rings. The first kappa shape index (κ1) is 17.0. The van der Waals surface area contributed by atoms with Crippen LogP contribution in [-0.4, -0.2) is 21.4 Å². The van der Waals surface area contributed by atoms with Crippen LogP contribution in [0.1, 0.15) is 10.7 Å². The maximum absolute atomic E-state index is 12.7. The van der Waals surface area contributed by atoms with Crippen LogP contribution in [0, 0.1) is 0 Å². The summed E-state index contributed by atoms with van der Waals surface area (Å²) in [6.45, 7) is 5.91. The average Bonchev–Trinajstić information content (AvgIpc) is 3.36. The SMILES string of the molecule is C=CCN(Cc1nc2scc(-c3ccco3)c2c(=O)[nH]1)Cc1cccs1. The van der Waals surface area contributed by atoms with Gasteiger partial charge in [-0.15, -0.1) is 29.3 Å². The molecule has 0 radical (unpaired) electrons. The molecule has 5 nitrogen and oxygen atoms in total. The van der Waals surface area contributed by atoms with Crippen LogP contribution in [0.25, 0.3) is 21.5 Å². The number of aromatic nitrogens is 2. The molecule has 0 fully saturated rings. The van der Waals surface area contributed by atoms with Gasteiger partial charge in [0.25, 0.3) is 5.56 Å². The van der Waals surface area contributed by atoms with E-state index in [0.717, 1.165) is 23.5 Å². The zero-order valence-corrected chi connectivity index (χ0v) is 15.6. The minimum absolute atomic E-state index is 0.132. The number of fused-ring (bicyclic) bond motifs is 1. The van der Waals surface area contributed by atoms with Crippen LogP contribution in [0.2, 0.25) is 0 Å². The third kappa shape index (κ3) is 3.41. The Labute approximate surface area is 158 Å². The van der Waals surface area contributed by atoms with Crippen molar-refractivity contribution >= 4 is 32.9 Å². The second kappa shape index (κ2) is 7.41. The third-order valence-electron chi connectivity index (χ3n) is 4.00. The molecule has 4 heterocycles. The first-order valence-corrected chi connectivity index (χ1v) is 9.90. The molecule has 0 amide bonds. The Bertz CT molecular complexity index is 1060. The zero-order valence-electron chi connectivity index (χ0n) is 14.0. The Morgan fingerprint density at radius 3 is 2.92 bits per heavy atom. The van der Waals surface area contributed by atoms with Crippen molar-refractivity contribution in [3.63, 3.8) is 0 Å². The van der Waals surface area contributed by atoms with Gasteiger partial charge in [-0.2, -0.15) is 0 Å². The Morgan fingerprint density at radius 1 is 1.27 bits per heavy atom. The molecule has 4 rings (SSSR count). The molecule has 1 N–H and O–H groups in total. The van der Waals surface area contributed by atoms with Crippen molar-refractivity contribution < 1.29 is 4.42 Å². The van der Waals surface area contributed by atoms with Crippen molar-refractivity contribution in [3.05, 3.63) is 75.0 Å². The molecule has 0 saturated heterocycles. The number of nitrogens with zero attached hydrogens (tertiary/aromatic N) is 2. The molecule has 26 heavy (non-hydrogen) atoms. The number of H-pyrrole nitrogens is 1. The molecule has 0 saturated carbocycles. The first-order valence-electron chi connectivity index (χ1n) is 8.14. The lowest BCUT2D eigenvalue weighted by Gasteiger charge is -2.19. The van der Waals surface area contributed by atoms with E-state index in [4.69, 9.17) is 4.42 Å². The van der Waals surface area contributed by atoms with E-state index in [1.807, 2.05) is 29.7 Å². The van der Waals surface area contributed by atoms with Gasteiger partial charge in [-0.25, -0.2) is 4.98 Å². The highest BCUT2D eigenvalue weighted by atomic mass is 32.1. The average molecular weight is 383 g/mol. The molecule has 0 aliphatic carbocycles. The molecule has 4 aromatic heterocycles. The van der Waals surface area contributed by atoms with Crippen LogP contribution < -0.4 is 5.56 Å². The molecule has 0 aliphatic rings. The molecule has 7 heteroatoms. The highest BCUT2D eigenvalue weighted by Crippen LogP contribution is 2.30. The summed E-state index contributed by atoms with van der Waals surface area (Å²) < 4.78 is 5.43. The molecule has 0 bridgehead atoms. The number of aromatic amines is 1. The van der Waals surface area contributed by atoms with E-state index in [0.29, 0.717) is 23.5 Å². The number of thiophene rings is 2. The van der Waals surface area contributed by atoms with E-state index in [2.05, 4.69) is 32.9 Å². The van der Waals surface area contributed by atoms with Crippen LogP contribution in [0.15, 0.2) is 63.2 Å². The fraction of sp³-hybridized carbons (Fsp3) is 0.158. The van der Waals surface area contributed by atoms with Crippen LogP contribution in [-0.2, 0) is 13.1 Å². The molecular weight excluding hydrogens is 366 g/mol. The fourth-order valence-electron chi connectivity index (χ4n) is 2.88. The highest BCUT2D eigenvalue weighted by Gasteiger charge is 2.16. The minimum Gasteiger partial charge on any atom is -0.464 e. The number of hydrogen-bond donors (Lipinski definition) is 1. The summed E-state index contributed by atoms with van der Waals surface area (Å²) in [4.78, 5) is 24.5. The van der Waals surface area contributed by atoms with Crippen molar-refractivity contribution in [1.82, 2.24) is 14.9 Å². The van der Waals surface area contributed by atoms with Crippen molar-refractivity contribution in [2.24, 2.45) is 0 Å². The van der Waals surface area contributed by atoms with Gasteiger partial charge in [0, 0.05) is 28.9 Å². The summed E-state index contributed by atoms with van der Waals surface area (Å²) in [6, 6.07) is 7.81. The Hall–Kier alpha value is -2.48. The summed E-state index contributed by atoms with van der Waals surface area (Å²) in [5.41, 5.74) is 0.657. The molecule has 132 valence electrons. The summed E-state index contributed by atoms with van der Waals surface area (Å²) in [7, 11) is 0. The zero-order chi connectivity index (χ0) is 17.9. The van der Waals surface area contributed by atoms with Gasteiger partial charge in [0.2, 0.25) is 0 Å².